The van der Waals surface area contributed by atoms with Gasteiger partial charge in [0.25, 0.3) is 0 Å². The Morgan fingerprint density at radius 2 is 1.85 bits per heavy atom. The van der Waals surface area contributed by atoms with Crippen LogP contribution in [0.15, 0.2) is 48.7 Å². The molecular weight excluding hydrogens is 354 g/mol. The highest BCUT2D eigenvalue weighted by molar-refractivity contribution is 6.14. The van der Waals surface area contributed by atoms with Crippen LogP contribution < -0.4 is 10.6 Å². The highest BCUT2D eigenvalue weighted by Crippen LogP contribution is 2.50. The predicted octanol–water partition coefficient (Wildman–Crippen LogP) is 2.73. The molecule has 1 spiro atoms. The lowest BCUT2D eigenvalue weighted by Crippen LogP contribution is -2.43. The number of amides is 2. The van der Waals surface area contributed by atoms with E-state index in [-0.39, 0.29) is 23.8 Å². The van der Waals surface area contributed by atoms with Crippen LogP contribution in [0.3, 0.4) is 0 Å². The van der Waals surface area contributed by atoms with Crippen molar-refractivity contribution in [1.82, 2.24) is 9.78 Å². The number of benzene rings is 2. The third kappa shape index (κ3) is 2.00. The van der Waals surface area contributed by atoms with Crippen molar-refractivity contribution in [1.29, 1.82) is 0 Å². The third-order valence-corrected chi connectivity index (χ3v) is 5.07. The van der Waals surface area contributed by atoms with Gasteiger partial charge in [0, 0.05) is 23.7 Å². The van der Waals surface area contributed by atoms with E-state index in [2.05, 4.69) is 15.7 Å². The number of fused-ring (bicyclic) bond motifs is 4. The van der Waals surface area contributed by atoms with Gasteiger partial charge in [-0.25, -0.2) is 13.5 Å². The fourth-order valence-electron chi connectivity index (χ4n) is 3.89. The fourth-order valence-corrected chi connectivity index (χ4v) is 3.89. The molecule has 27 heavy (non-hydrogen) atoms. The molecule has 5 rings (SSSR count). The first kappa shape index (κ1) is 15.7. The highest BCUT2D eigenvalue weighted by atomic mass is 19.1. The molecule has 3 aromatic rings. The number of nitrogens with zero attached hydrogens (tertiary/aromatic N) is 2. The van der Waals surface area contributed by atoms with Crippen LogP contribution in [-0.2, 0) is 15.0 Å². The van der Waals surface area contributed by atoms with Gasteiger partial charge in [-0.2, -0.15) is 5.10 Å². The van der Waals surface area contributed by atoms with E-state index in [1.165, 1.54) is 16.9 Å². The SMILES string of the molecule is O=C1C[C@@]2(C(=O)Nc3ccccc32)c2cnn(-c3ccc(F)cc3F)c2N1. The number of anilines is 2. The number of carbonyl (C=O) groups excluding carboxylic acids is 2. The Labute approximate surface area is 151 Å². The summed E-state index contributed by atoms with van der Waals surface area (Å²) in [6, 6.07) is 10.2. The lowest BCUT2D eigenvalue weighted by atomic mass is 9.72. The van der Waals surface area contributed by atoms with E-state index in [1.54, 1.807) is 24.3 Å². The molecule has 0 radical (unpaired) electrons. The molecule has 0 fully saturated rings. The van der Waals surface area contributed by atoms with Crippen molar-refractivity contribution in [2.24, 2.45) is 0 Å². The Bertz CT molecular complexity index is 1140. The summed E-state index contributed by atoms with van der Waals surface area (Å²) in [6.45, 7) is 0. The second-order valence-corrected chi connectivity index (χ2v) is 6.54. The molecule has 2 aliphatic rings. The Morgan fingerprint density at radius 3 is 2.67 bits per heavy atom. The average Bonchev–Trinajstić information content (AvgIpc) is 3.16. The number of halogens is 2. The lowest BCUT2D eigenvalue weighted by Gasteiger charge is -2.31. The summed E-state index contributed by atoms with van der Waals surface area (Å²) in [5, 5.41) is 9.66. The third-order valence-electron chi connectivity index (χ3n) is 5.07. The molecule has 0 unspecified atom stereocenters. The summed E-state index contributed by atoms with van der Waals surface area (Å²) < 4.78 is 28.7. The summed E-state index contributed by atoms with van der Waals surface area (Å²) >= 11 is 0. The quantitative estimate of drug-likeness (QED) is 0.695. The zero-order chi connectivity index (χ0) is 18.8. The van der Waals surface area contributed by atoms with Gasteiger partial charge in [0.15, 0.2) is 5.82 Å². The number of rotatable bonds is 1. The number of carbonyl (C=O) groups is 2. The number of aromatic nitrogens is 2. The second-order valence-electron chi connectivity index (χ2n) is 6.54. The van der Waals surface area contributed by atoms with Crippen LogP contribution in [0.2, 0.25) is 0 Å². The van der Waals surface area contributed by atoms with Gasteiger partial charge in [0.1, 0.15) is 22.7 Å². The molecule has 8 heteroatoms. The minimum absolute atomic E-state index is 0.0262. The zero-order valence-corrected chi connectivity index (χ0v) is 13.8. The molecule has 0 bridgehead atoms. The van der Waals surface area contributed by atoms with Crippen molar-refractivity contribution in [2.75, 3.05) is 10.6 Å². The van der Waals surface area contributed by atoms with E-state index in [0.717, 1.165) is 12.1 Å². The van der Waals surface area contributed by atoms with E-state index in [1.807, 2.05) is 0 Å². The Kier molecular flexibility index (Phi) is 3.04. The van der Waals surface area contributed by atoms with E-state index < -0.39 is 23.0 Å². The van der Waals surface area contributed by atoms with Crippen molar-refractivity contribution in [3.05, 3.63) is 71.4 Å². The molecule has 2 aliphatic heterocycles. The van der Waals surface area contributed by atoms with Crippen molar-refractivity contribution in [2.45, 2.75) is 11.8 Å². The van der Waals surface area contributed by atoms with Crippen LogP contribution in [0, 0.1) is 11.6 Å². The first-order chi connectivity index (χ1) is 13.0. The molecule has 0 aliphatic carbocycles. The largest absolute Gasteiger partial charge is 0.325 e. The van der Waals surface area contributed by atoms with E-state index in [0.29, 0.717) is 16.8 Å². The standard InChI is InChI=1S/C19H12F2N4O2/c20-10-5-6-15(13(21)7-10)25-17-12(9-22-25)19(8-16(26)24-17)11-3-1-2-4-14(11)23-18(19)27/h1-7,9H,8H2,(H,23,27)(H,24,26)/t19-/m0/s1. The second kappa shape index (κ2) is 5.23. The molecule has 1 aromatic heterocycles. The zero-order valence-electron chi connectivity index (χ0n) is 13.8. The van der Waals surface area contributed by atoms with Crippen molar-refractivity contribution in [3.8, 4) is 5.69 Å². The van der Waals surface area contributed by atoms with Gasteiger partial charge in [-0.05, 0) is 23.8 Å². The maximum atomic E-state index is 14.3. The van der Waals surface area contributed by atoms with Crippen molar-refractivity contribution < 1.29 is 18.4 Å². The van der Waals surface area contributed by atoms with Gasteiger partial charge in [-0.3, -0.25) is 9.59 Å². The molecule has 3 heterocycles. The molecule has 1 atom stereocenters. The number of hydrogen-bond acceptors (Lipinski definition) is 3. The lowest BCUT2D eigenvalue weighted by molar-refractivity contribution is -0.125. The van der Waals surface area contributed by atoms with Crippen LogP contribution in [0.1, 0.15) is 17.5 Å². The van der Waals surface area contributed by atoms with Crippen LogP contribution in [0.4, 0.5) is 20.3 Å². The topological polar surface area (TPSA) is 76.0 Å². The van der Waals surface area contributed by atoms with Gasteiger partial charge in [-0.1, -0.05) is 18.2 Å². The summed E-state index contributed by atoms with van der Waals surface area (Å²) in [5.41, 5.74) is 0.507. The van der Waals surface area contributed by atoms with Gasteiger partial charge < -0.3 is 10.6 Å². The average molecular weight is 366 g/mol. The maximum absolute atomic E-state index is 14.3. The van der Waals surface area contributed by atoms with Crippen molar-refractivity contribution in [3.63, 3.8) is 0 Å². The van der Waals surface area contributed by atoms with Crippen LogP contribution >= 0.6 is 0 Å². The maximum Gasteiger partial charge on any atom is 0.240 e. The van der Waals surface area contributed by atoms with E-state index in [9.17, 15) is 18.4 Å². The molecule has 6 nitrogen and oxygen atoms in total. The van der Waals surface area contributed by atoms with Gasteiger partial charge in [-0.15, -0.1) is 0 Å². The highest BCUT2D eigenvalue weighted by Gasteiger charge is 2.54. The smallest absolute Gasteiger partial charge is 0.240 e. The van der Waals surface area contributed by atoms with Crippen molar-refractivity contribution >= 4 is 23.3 Å². The molecule has 2 amide bonds. The minimum atomic E-state index is -1.23. The van der Waals surface area contributed by atoms with Crippen LogP contribution in [0.5, 0.6) is 0 Å². The fraction of sp³-hybridized carbons (Fsp3) is 0.105. The van der Waals surface area contributed by atoms with Crippen LogP contribution in [0.25, 0.3) is 5.69 Å². The number of hydrogen-bond donors (Lipinski definition) is 2. The summed E-state index contributed by atoms with van der Waals surface area (Å²) in [6.07, 6.45) is 1.36. The molecule has 2 N–H and O–H groups in total. The van der Waals surface area contributed by atoms with Gasteiger partial charge in [0.05, 0.1) is 6.20 Å². The Morgan fingerprint density at radius 1 is 1.04 bits per heavy atom. The summed E-state index contributed by atoms with van der Waals surface area (Å²) in [7, 11) is 0. The normalized spacial score (nSPS) is 20.2. The predicted molar refractivity (Wildman–Crippen MR) is 92.6 cm³/mol. The van der Waals surface area contributed by atoms with Gasteiger partial charge in [0.2, 0.25) is 11.8 Å². The summed E-state index contributed by atoms with van der Waals surface area (Å²) in [5.74, 6) is -2.07. The minimum Gasteiger partial charge on any atom is -0.325 e. The Hall–Kier alpha value is -3.55. The first-order valence-corrected chi connectivity index (χ1v) is 8.25. The molecule has 2 aromatic carbocycles. The molecule has 0 saturated carbocycles. The molecular formula is C19H12F2N4O2. The summed E-state index contributed by atoms with van der Waals surface area (Å²) in [4.78, 5) is 25.4. The first-order valence-electron chi connectivity index (χ1n) is 8.25. The van der Waals surface area contributed by atoms with Gasteiger partial charge >= 0.3 is 0 Å². The molecule has 0 saturated heterocycles. The van der Waals surface area contributed by atoms with E-state index in [4.69, 9.17) is 0 Å². The molecule has 134 valence electrons. The monoisotopic (exact) mass is 366 g/mol. The number of nitrogens with one attached hydrogen (secondary N) is 2. The number of para-hydroxylation sites is 1. The Balaban J connectivity index is 1.77. The van der Waals surface area contributed by atoms with Crippen LogP contribution in [-0.4, -0.2) is 21.6 Å². The van der Waals surface area contributed by atoms with E-state index >= 15 is 0 Å².